The summed E-state index contributed by atoms with van der Waals surface area (Å²) in [4.78, 5) is 19.9. The van der Waals surface area contributed by atoms with Gasteiger partial charge in [0, 0.05) is 12.6 Å². The van der Waals surface area contributed by atoms with E-state index in [0.717, 1.165) is 17.2 Å². The predicted octanol–water partition coefficient (Wildman–Crippen LogP) is 4.86. The molecule has 1 aromatic carbocycles. The minimum absolute atomic E-state index is 0.0370. The van der Waals surface area contributed by atoms with Gasteiger partial charge in [-0.25, -0.2) is 4.99 Å². The predicted molar refractivity (Wildman–Crippen MR) is 106 cm³/mol. The smallest absolute Gasteiger partial charge is 0.266 e. The molecule has 0 N–H and O–H groups in total. The topological polar surface area (TPSA) is 55.0 Å². The Hall–Kier alpha value is -2.47. The lowest BCUT2D eigenvalue weighted by atomic mass is 10.2. The molecule has 0 radical (unpaired) electrons. The molecule has 0 atom stereocenters. The van der Waals surface area contributed by atoms with Crippen LogP contribution in [0.1, 0.15) is 25.4 Å². The number of aryl methyl sites for hydroxylation is 1. The molecule has 2 aromatic rings. The summed E-state index contributed by atoms with van der Waals surface area (Å²) in [5.41, 5.74) is 0.782. The Balaban J connectivity index is 1.92. The van der Waals surface area contributed by atoms with Gasteiger partial charge in [0.25, 0.3) is 5.91 Å². The van der Waals surface area contributed by atoms with E-state index in [1.165, 1.54) is 11.8 Å². The molecule has 0 bridgehead atoms. The van der Waals surface area contributed by atoms with Crippen molar-refractivity contribution in [3.8, 4) is 5.75 Å². The maximum Gasteiger partial charge on any atom is 0.266 e. The minimum Gasteiger partial charge on any atom is -0.497 e. The van der Waals surface area contributed by atoms with Crippen molar-refractivity contribution in [2.45, 2.75) is 20.8 Å². The number of amides is 1. The summed E-state index contributed by atoms with van der Waals surface area (Å²) < 4.78 is 10.8. The first kappa shape index (κ1) is 18.3. The molecule has 6 heteroatoms. The Morgan fingerprint density at radius 2 is 1.96 bits per heavy atom. The number of thioether (sulfide) groups is 1. The number of hydrogen-bond acceptors (Lipinski definition) is 5. The lowest BCUT2D eigenvalue weighted by Crippen LogP contribution is -2.32. The van der Waals surface area contributed by atoms with E-state index < -0.39 is 0 Å². The lowest BCUT2D eigenvalue weighted by molar-refractivity contribution is -0.122. The molecule has 136 valence electrons. The molecule has 1 amide bonds. The molecular weight excluding hydrogens is 348 g/mol. The summed E-state index contributed by atoms with van der Waals surface area (Å²) >= 11 is 1.37. The molecule has 2 heterocycles. The number of hydrogen-bond donors (Lipinski definition) is 0. The Labute approximate surface area is 157 Å². The summed E-state index contributed by atoms with van der Waals surface area (Å²) in [6.45, 7) is 6.67. The van der Waals surface area contributed by atoms with Crippen LogP contribution in [-0.4, -0.2) is 29.6 Å². The van der Waals surface area contributed by atoms with Gasteiger partial charge in [0.2, 0.25) is 0 Å². The van der Waals surface area contributed by atoms with Crippen LogP contribution in [0.5, 0.6) is 5.75 Å². The standard InChI is InChI=1S/C20H22N2O3S/c1-13(2)12-22-19(23)18(11-17-8-5-14(3)25-17)26-20(22)21-15-6-9-16(24-4)10-7-15/h5-11,13H,12H2,1-4H3. The highest BCUT2D eigenvalue weighted by Gasteiger charge is 2.34. The largest absolute Gasteiger partial charge is 0.497 e. The van der Waals surface area contributed by atoms with Gasteiger partial charge in [-0.3, -0.25) is 9.69 Å². The molecule has 1 fully saturated rings. The second-order valence-electron chi connectivity index (χ2n) is 6.46. The van der Waals surface area contributed by atoms with Crippen molar-refractivity contribution in [1.29, 1.82) is 0 Å². The van der Waals surface area contributed by atoms with Crippen LogP contribution in [0, 0.1) is 12.8 Å². The third-order valence-corrected chi connectivity index (χ3v) is 4.77. The zero-order chi connectivity index (χ0) is 18.7. The van der Waals surface area contributed by atoms with Crippen molar-refractivity contribution in [3.63, 3.8) is 0 Å². The van der Waals surface area contributed by atoms with Gasteiger partial charge < -0.3 is 9.15 Å². The molecule has 1 aliphatic heterocycles. The van der Waals surface area contributed by atoms with Crippen molar-refractivity contribution < 1.29 is 13.9 Å². The van der Waals surface area contributed by atoms with E-state index in [4.69, 9.17) is 9.15 Å². The first-order chi connectivity index (χ1) is 12.5. The number of benzene rings is 1. The normalized spacial score (nSPS) is 17.7. The van der Waals surface area contributed by atoms with E-state index in [1.807, 2.05) is 43.3 Å². The van der Waals surface area contributed by atoms with Crippen LogP contribution in [0.15, 0.2) is 50.7 Å². The lowest BCUT2D eigenvalue weighted by Gasteiger charge is -2.17. The van der Waals surface area contributed by atoms with E-state index in [9.17, 15) is 4.79 Å². The number of methoxy groups -OCH3 is 1. The average Bonchev–Trinajstić information content (AvgIpc) is 3.14. The van der Waals surface area contributed by atoms with Gasteiger partial charge in [-0.15, -0.1) is 0 Å². The molecule has 1 aliphatic rings. The summed E-state index contributed by atoms with van der Waals surface area (Å²) in [5.74, 6) is 2.57. The highest BCUT2D eigenvalue weighted by molar-refractivity contribution is 8.18. The fraction of sp³-hybridized carbons (Fsp3) is 0.300. The van der Waals surface area contributed by atoms with Crippen LogP contribution in [0.3, 0.4) is 0 Å². The maximum absolute atomic E-state index is 12.8. The number of amidine groups is 1. The van der Waals surface area contributed by atoms with Crippen LogP contribution in [0.4, 0.5) is 5.69 Å². The number of rotatable bonds is 5. The fourth-order valence-corrected chi connectivity index (χ4v) is 3.53. The van der Waals surface area contributed by atoms with Crippen LogP contribution < -0.4 is 4.74 Å². The van der Waals surface area contributed by atoms with Crippen LogP contribution in [0.2, 0.25) is 0 Å². The Morgan fingerprint density at radius 3 is 2.54 bits per heavy atom. The molecule has 5 nitrogen and oxygen atoms in total. The quantitative estimate of drug-likeness (QED) is 0.706. The molecule has 0 aliphatic carbocycles. The van der Waals surface area contributed by atoms with Gasteiger partial charge in [0.05, 0.1) is 17.7 Å². The first-order valence-electron chi connectivity index (χ1n) is 8.47. The zero-order valence-corrected chi connectivity index (χ0v) is 16.2. The molecule has 1 aromatic heterocycles. The molecule has 1 saturated heterocycles. The molecule has 26 heavy (non-hydrogen) atoms. The Morgan fingerprint density at radius 1 is 1.23 bits per heavy atom. The SMILES string of the molecule is COc1ccc(N=C2SC(=Cc3ccc(C)o3)C(=O)N2CC(C)C)cc1. The Kier molecular flexibility index (Phi) is 5.52. The summed E-state index contributed by atoms with van der Waals surface area (Å²) in [7, 11) is 1.63. The number of ether oxygens (including phenoxy) is 1. The van der Waals surface area contributed by atoms with Gasteiger partial charge in [-0.05, 0) is 61.0 Å². The van der Waals surface area contributed by atoms with Crippen LogP contribution in [0.25, 0.3) is 6.08 Å². The number of furan rings is 1. The van der Waals surface area contributed by atoms with Gasteiger partial charge in [-0.1, -0.05) is 13.8 Å². The molecule has 0 unspecified atom stereocenters. The van der Waals surface area contributed by atoms with Crippen molar-refractivity contribution in [3.05, 3.63) is 52.8 Å². The summed E-state index contributed by atoms with van der Waals surface area (Å²) in [6, 6.07) is 11.2. The van der Waals surface area contributed by atoms with E-state index in [-0.39, 0.29) is 5.91 Å². The van der Waals surface area contributed by atoms with Gasteiger partial charge in [0.15, 0.2) is 5.17 Å². The molecule has 0 spiro atoms. The second kappa shape index (κ2) is 7.83. The second-order valence-corrected chi connectivity index (χ2v) is 7.47. The van der Waals surface area contributed by atoms with Crippen molar-refractivity contribution in [1.82, 2.24) is 4.90 Å². The maximum atomic E-state index is 12.8. The van der Waals surface area contributed by atoms with Crippen molar-refractivity contribution in [2.75, 3.05) is 13.7 Å². The van der Waals surface area contributed by atoms with Crippen LogP contribution in [-0.2, 0) is 4.79 Å². The van der Waals surface area contributed by atoms with E-state index in [0.29, 0.717) is 28.3 Å². The van der Waals surface area contributed by atoms with Crippen molar-refractivity contribution in [2.24, 2.45) is 10.9 Å². The molecular formula is C20H22N2O3S. The number of nitrogens with zero attached hydrogens (tertiary/aromatic N) is 2. The van der Waals surface area contributed by atoms with E-state index in [2.05, 4.69) is 18.8 Å². The van der Waals surface area contributed by atoms with Gasteiger partial charge in [-0.2, -0.15) is 0 Å². The van der Waals surface area contributed by atoms with E-state index >= 15 is 0 Å². The highest BCUT2D eigenvalue weighted by Crippen LogP contribution is 2.35. The first-order valence-corrected chi connectivity index (χ1v) is 9.28. The van der Waals surface area contributed by atoms with E-state index in [1.54, 1.807) is 18.1 Å². The number of carbonyl (C=O) groups excluding carboxylic acids is 1. The fourth-order valence-electron chi connectivity index (χ4n) is 2.54. The minimum atomic E-state index is -0.0370. The monoisotopic (exact) mass is 370 g/mol. The third kappa shape index (κ3) is 4.19. The number of aliphatic imine (C=N–C) groups is 1. The van der Waals surface area contributed by atoms with Crippen LogP contribution >= 0.6 is 11.8 Å². The summed E-state index contributed by atoms with van der Waals surface area (Å²) in [5, 5.41) is 0.684. The van der Waals surface area contributed by atoms with Crippen molar-refractivity contribution >= 4 is 34.6 Å². The molecule has 0 saturated carbocycles. The third-order valence-electron chi connectivity index (χ3n) is 3.77. The summed E-state index contributed by atoms with van der Waals surface area (Å²) in [6.07, 6.45) is 1.78. The number of carbonyl (C=O) groups is 1. The molecule has 3 rings (SSSR count). The Bertz CT molecular complexity index is 850. The zero-order valence-electron chi connectivity index (χ0n) is 15.4. The highest BCUT2D eigenvalue weighted by atomic mass is 32.2. The van der Waals surface area contributed by atoms with Gasteiger partial charge in [0.1, 0.15) is 17.3 Å². The average molecular weight is 370 g/mol. The van der Waals surface area contributed by atoms with Gasteiger partial charge >= 0.3 is 0 Å².